The first-order valence-corrected chi connectivity index (χ1v) is 11.4. The van der Waals surface area contributed by atoms with E-state index < -0.39 is 30.6 Å². The van der Waals surface area contributed by atoms with Crippen LogP contribution in [0.15, 0.2) is 48.5 Å². The number of hydrogen-bond acceptors (Lipinski definition) is 6. The molecule has 1 aliphatic heterocycles. The Morgan fingerprint density at radius 3 is 2.33 bits per heavy atom. The summed E-state index contributed by atoms with van der Waals surface area (Å²) < 4.78 is 33.5. The van der Waals surface area contributed by atoms with Crippen molar-refractivity contribution in [1.82, 2.24) is 4.90 Å². The molecule has 6 nitrogen and oxygen atoms in total. The van der Waals surface area contributed by atoms with E-state index in [0.717, 1.165) is 16.7 Å². The van der Waals surface area contributed by atoms with E-state index in [-0.39, 0.29) is 32.1 Å². The lowest BCUT2D eigenvalue weighted by Gasteiger charge is -2.23. The highest BCUT2D eigenvalue weighted by atomic mass is 19.1. The Bertz CT molecular complexity index is 854. The number of aliphatic hydroxyl groups is 4. The van der Waals surface area contributed by atoms with Gasteiger partial charge in [-0.15, -0.1) is 0 Å². The quantitative estimate of drug-likeness (QED) is 0.403. The molecule has 1 aliphatic rings. The van der Waals surface area contributed by atoms with E-state index in [1.807, 2.05) is 30.3 Å². The van der Waals surface area contributed by atoms with Gasteiger partial charge in [-0.3, -0.25) is 4.90 Å². The monoisotopic (exact) mass is 465 g/mol. The first kappa shape index (κ1) is 25.7. The minimum atomic E-state index is -1.39. The van der Waals surface area contributed by atoms with Gasteiger partial charge in [0.25, 0.3) is 0 Å². The molecular formula is C25H33F2NO5. The van der Waals surface area contributed by atoms with Crippen molar-refractivity contribution in [2.75, 3.05) is 26.2 Å². The van der Waals surface area contributed by atoms with Gasteiger partial charge in [0.05, 0.1) is 25.4 Å². The zero-order valence-corrected chi connectivity index (χ0v) is 18.6. The Kier molecular flexibility index (Phi) is 9.73. The maximum atomic E-state index is 14.3. The molecule has 182 valence electrons. The summed E-state index contributed by atoms with van der Waals surface area (Å²) >= 11 is 0. The van der Waals surface area contributed by atoms with Crippen LogP contribution in [-0.4, -0.2) is 82.2 Å². The fourth-order valence-corrected chi connectivity index (χ4v) is 4.12. The maximum Gasteiger partial charge on any atom is 0.123 e. The predicted octanol–water partition coefficient (Wildman–Crippen LogP) is 2.28. The van der Waals surface area contributed by atoms with Gasteiger partial charge in [0.2, 0.25) is 0 Å². The molecule has 3 rings (SSSR count). The highest BCUT2D eigenvalue weighted by molar-refractivity contribution is 5.67. The number of ether oxygens (including phenoxy) is 1. The molecule has 0 amide bonds. The van der Waals surface area contributed by atoms with E-state index in [0.29, 0.717) is 25.8 Å². The summed E-state index contributed by atoms with van der Waals surface area (Å²) in [5.41, 5.74) is 2.46. The van der Waals surface area contributed by atoms with Crippen molar-refractivity contribution in [2.24, 2.45) is 0 Å². The van der Waals surface area contributed by atoms with Gasteiger partial charge in [0.1, 0.15) is 24.2 Å². The summed E-state index contributed by atoms with van der Waals surface area (Å²) in [6, 6.07) is 13.8. The first-order valence-electron chi connectivity index (χ1n) is 11.4. The van der Waals surface area contributed by atoms with Crippen LogP contribution in [0.3, 0.4) is 0 Å². The third-order valence-electron chi connectivity index (χ3n) is 5.98. The second kappa shape index (κ2) is 12.5. The molecule has 4 N–H and O–H groups in total. The van der Waals surface area contributed by atoms with Crippen molar-refractivity contribution in [3.05, 3.63) is 59.9 Å². The molecule has 1 fully saturated rings. The summed E-state index contributed by atoms with van der Waals surface area (Å²) in [4.78, 5) is 1.77. The lowest BCUT2D eigenvalue weighted by atomic mass is 10.00. The smallest absolute Gasteiger partial charge is 0.123 e. The number of benzene rings is 2. The van der Waals surface area contributed by atoms with E-state index in [9.17, 15) is 29.2 Å². The Balaban J connectivity index is 1.38. The fourth-order valence-electron chi connectivity index (χ4n) is 4.12. The third-order valence-corrected chi connectivity index (χ3v) is 5.98. The molecule has 1 saturated heterocycles. The number of aliphatic hydroxyl groups excluding tert-OH is 4. The zero-order chi connectivity index (χ0) is 23.8. The van der Waals surface area contributed by atoms with Gasteiger partial charge in [-0.25, -0.2) is 8.78 Å². The lowest BCUT2D eigenvalue weighted by Crippen LogP contribution is -2.43. The average Bonchev–Trinajstić information content (AvgIpc) is 2.89. The van der Waals surface area contributed by atoms with Crippen LogP contribution in [0.25, 0.3) is 11.1 Å². The SMILES string of the molecule is O[C@H]1[C@H](O)[C@@H](O)CN(CCCCC(F)COCc2ccccc2-c2cccc(F)c2)C[C@@H]1O. The average molecular weight is 466 g/mol. The minimum Gasteiger partial charge on any atom is -0.389 e. The van der Waals surface area contributed by atoms with Gasteiger partial charge in [-0.2, -0.15) is 0 Å². The summed E-state index contributed by atoms with van der Waals surface area (Å²) in [7, 11) is 0. The third kappa shape index (κ3) is 7.53. The summed E-state index contributed by atoms with van der Waals surface area (Å²) in [5, 5.41) is 39.3. The molecule has 0 aromatic heterocycles. The van der Waals surface area contributed by atoms with Gasteiger partial charge in [0.15, 0.2) is 0 Å². The van der Waals surface area contributed by atoms with Crippen LogP contribution in [0.5, 0.6) is 0 Å². The molecule has 1 heterocycles. The molecule has 2 aromatic carbocycles. The molecule has 5 atom stereocenters. The molecule has 8 heteroatoms. The Hall–Kier alpha value is -1.94. The molecule has 33 heavy (non-hydrogen) atoms. The van der Waals surface area contributed by atoms with Crippen LogP contribution in [0, 0.1) is 5.82 Å². The molecule has 0 spiro atoms. The van der Waals surface area contributed by atoms with E-state index >= 15 is 0 Å². The number of β-amino-alcohol motifs (C(OH)–C–C–N with tert-alkyl or cyclic N) is 2. The van der Waals surface area contributed by atoms with Crippen LogP contribution in [0.1, 0.15) is 24.8 Å². The van der Waals surface area contributed by atoms with Gasteiger partial charge >= 0.3 is 0 Å². The number of nitrogens with zero attached hydrogens (tertiary/aromatic N) is 1. The molecule has 0 bridgehead atoms. The minimum absolute atomic E-state index is 0.0446. The van der Waals surface area contributed by atoms with E-state index in [4.69, 9.17) is 4.74 Å². The molecule has 0 aliphatic carbocycles. The number of hydrogen-bond donors (Lipinski definition) is 4. The molecule has 0 saturated carbocycles. The number of unbranched alkanes of at least 4 members (excludes halogenated alkanes) is 1. The number of alkyl halides is 1. The maximum absolute atomic E-state index is 14.3. The second-order valence-electron chi connectivity index (χ2n) is 8.65. The zero-order valence-electron chi connectivity index (χ0n) is 18.6. The van der Waals surface area contributed by atoms with Gasteiger partial charge in [-0.05, 0) is 54.6 Å². The highest BCUT2D eigenvalue weighted by Gasteiger charge is 2.35. The van der Waals surface area contributed by atoms with Crippen molar-refractivity contribution in [3.63, 3.8) is 0 Å². The van der Waals surface area contributed by atoms with Crippen LogP contribution in [-0.2, 0) is 11.3 Å². The van der Waals surface area contributed by atoms with Crippen molar-refractivity contribution >= 4 is 0 Å². The van der Waals surface area contributed by atoms with E-state index in [1.54, 1.807) is 11.0 Å². The van der Waals surface area contributed by atoms with Crippen LogP contribution in [0.2, 0.25) is 0 Å². The van der Waals surface area contributed by atoms with Gasteiger partial charge < -0.3 is 25.2 Å². The second-order valence-corrected chi connectivity index (χ2v) is 8.65. The Morgan fingerprint density at radius 1 is 0.939 bits per heavy atom. The summed E-state index contributed by atoms with van der Waals surface area (Å²) in [6.07, 6.45) is -4.63. The van der Waals surface area contributed by atoms with Gasteiger partial charge in [-0.1, -0.05) is 36.4 Å². The highest BCUT2D eigenvalue weighted by Crippen LogP contribution is 2.25. The molecule has 1 unspecified atom stereocenters. The fraction of sp³-hybridized carbons (Fsp3) is 0.520. The molecule has 2 aromatic rings. The van der Waals surface area contributed by atoms with Crippen molar-refractivity contribution in [2.45, 2.75) is 56.5 Å². The molecule has 0 radical (unpaired) electrons. The van der Waals surface area contributed by atoms with Crippen LogP contribution < -0.4 is 0 Å². The normalized spacial score (nSPS) is 25.0. The number of likely N-dealkylation sites (tertiary alicyclic amines) is 1. The summed E-state index contributed by atoms with van der Waals surface area (Å²) in [6.45, 7) is 0.977. The van der Waals surface area contributed by atoms with Crippen LogP contribution in [0.4, 0.5) is 8.78 Å². The van der Waals surface area contributed by atoms with E-state index in [1.165, 1.54) is 12.1 Å². The Labute approximate surface area is 193 Å². The van der Waals surface area contributed by atoms with E-state index in [2.05, 4.69) is 0 Å². The number of rotatable bonds is 10. The number of halogens is 2. The van der Waals surface area contributed by atoms with Crippen molar-refractivity contribution < 1.29 is 33.9 Å². The standard InChI is InChI=1S/C25H33F2NO5/c26-19-9-5-7-17(12-19)21-10-2-1-6-18(21)15-33-16-20(27)8-3-4-11-28-13-22(29)24(31)25(32)23(30)14-28/h1-2,5-7,9-10,12,20,22-25,29-32H,3-4,8,11,13-16H2/t20?,22-,23-,24+,25+/m0/s1. The van der Waals surface area contributed by atoms with Crippen molar-refractivity contribution in [1.29, 1.82) is 0 Å². The van der Waals surface area contributed by atoms with Gasteiger partial charge in [0, 0.05) is 13.1 Å². The topological polar surface area (TPSA) is 93.4 Å². The van der Waals surface area contributed by atoms with Crippen LogP contribution >= 0.6 is 0 Å². The first-order chi connectivity index (χ1) is 15.8. The summed E-state index contributed by atoms with van der Waals surface area (Å²) in [5.74, 6) is -0.316. The Morgan fingerprint density at radius 2 is 1.64 bits per heavy atom. The van der Waals surface area contributed by atoms with Crippen molar-refractivity contribution in [3.8, 4) is 11.1 Å². The predicted molar refractivity (Wildman–Crippen MR) is 121 cm³/mol. The molecular weight excluding hydrogens is 432 g/mol. The lowest BCUT2D eigenvalue weighted by molar-refractivity contribution is -0.0894. The largest absolute Gasteiger partial charge is 0.389 e.